The largest absolute Gasteiger partial charge is 0.345 e. The lowest BCUT2D eigenvalue weighted by Gasteiger charge is -2.11. The summed E-state index contributed by atoms with van der Waals surface area (Å²) in [7, 11) is 0. The molecule has 2 heterocycles. The summed E-state index contributed by atoms with van der Waals surface area (Å²) in [6, 6.07) is 5.89. The van der Waals surface area contributed by atoms with E-state index in [1.807, 2.05) is 18.2 Å². The molecule has 1 fully saturated rings. The summed E-state index contributed by atoms with van der Waals surface area (Å²) >= 11 is 3.44. The first-order valence-corrected chi connectivity index (χ1v) is 6.44. The summed E-state index contributed by atoms with van der Waals surface area (Å²) in [5.41, 5.74) is 1.48. The van der Waals surface area contributed by atoms with E-state index < -0.39 is 0 Å². The van der Waals surface area contributed by atoms with Crippen LogP contribution in [0.15, 0.2) is 27.5 Å². The van der Waals surface area contributed by atoms with Gasteiger partial charge in [-0.1, -0.05) is 12.1 Å². The zero-order valence-corrected chi connectivity index (χ0v) is 10.8. The highest BCUT2D eigenvalue weighted by Crippen LogP contribution is 2.28. The molecule has 0 radical (unpaired) electrons. The topological polar surface area (TPSA) is 57.8 Å². The molecule has 4 nitrogen and oxygen atoms in total. The highest BCUT2D eigenvalue weighted by molar-refractivity contribution is 9.10. The Morgan fingerprint density at radius 3 is 3.06 bits per heavy atom. The number of hydrogen-bond donors (Lipinski definition) is 2. The third-order valence-electron chi connectivity index (χ3n) is 3.20. The van der Waals surface area contributed by atoms with E-state index in [0.717, 1.165) is 40.6 Å². The number of aromatic amines is 1. The lowest BCUT2D eigenvalue weighted by Crippen LogP contribution is -2.17. The average molecular weight is 294 g/mol. The van der Waals surface area contributed by atoms with Crippen LogP contribution in [0, 0.1) is 0 Å². The maximum Gasteiger partial charge on any atom is 0.345 e. The molecule has 0 saturated carbocycles. The molecule has 0 aliphatic carbocycles. The van der Waals surface area contributed by atoms with Gasteiger partial charge in [-0.05, 0) is 35.0 Å². The van der Waals surface area contributed by atoms with E-state index in [0.29, 0.717) is 5.92 Å². The molecule has 0 bridgehead atoms. The van der Waals surface area contributed by atoms with Crippen LogP contribution in [0.5, 0.6) is 0 Å². The van der Waals surface area contributed by atoms with Gasteiger partial charge in [0.25, 0.3) is 0 Å². The number of aromatic nitrogens is 2. The fraction of sp³-hybridized carbons (Fsp3) is 0.333. The Morgan fingerprint density at radius 1 is 1.41 bits per heavy atom. The van der Waals surface area contributed by atoms with Crippen LogP contribution in [-0.4, -0.2) is 23.1 Å². The van der Waals surface area contributed by atoms with Crippen molar-refractivity contribution in [3.05, 3.63) is 38.9 Å². The number of para-hydroxylation sites is 1. The standard InChI is InChI=1S/C12H12BrN3O/c13-9-3-1-2-8-10(7-4-5-14-6-7)15-12(17)16-11(8)9/h1-3,7,14H,4-6H2,(H,15,16,17). The van der Waals surface area contributed by atoms with Gasteiger partial charge in [0.05, 0.1) is 5.52 Å². The van der Waals surface area contributed by atoms with Crippen molar-refractivity contribution >= 4 is 26.8 Å². The van der Waals surface area contributed by atoms with Crippen LogP contribution >= 0.6 is 15.9 Å². The smallest absolute Gasteiger partial charge is 0.316 e. The van der Waals surface area contributed by atoms with E-state index in [-0.39, 0.29) is 5.69 Å². The first kappa shape index (κ1) is 10.9. The average Bonchev–Trinajstić information content (AvgIpc) is 2.83. The zero-order chi connectivity index (χ0) is 11.8. The molecule has 1 aliphatic rings. The number of hydrogen-bond acceptors (Lipinski definition) is 3. The van der Waals surface area contributed by atoms with E-state index in [1.165, 1.54) is 0 Å². The molecule has 1 aromatic carbocycles. The molecule has 0 amide bonds. The first-order valence-electron chi connectivity index (χ1n) is 5.65. The highest BCUT2D eigenvalue weighted by atomic mass is 79.9. The summed E-state index contributed by atoms with van der Waals surface area (Å²) in [6.07, 6.45) is 1.06. The van der Waals surface area contributed by atoms with Crippen molar-refractivity contribution in [2.45, 2.75) is 12.3 Å². The third kappa shape index (κ3) is 1.89. The van der Waals surface area contributed by atoms with Gasteiger partial charge in [0.15, 0.2) is 0 Å². The molecule has 2 N–H and O–H groups in total. The van der Waals surface area contributed by atoms with Gasteiger partial charge in [-0.15, -0.1) is 0 Å². The van der Waals surface area contributed by atoms with Crippen LogP contribution in [0.1, 0.15) is 18.0 Å². The molecule has 1 aliphatic heterocycles. The zero-order valence-electron chi connectivity index (χ0n) is 9.16. The van der Waals surface area contributed by atoms with Gasteiger partial charge in [-0.25, -0.2) is 4.79 Å². The number of nitrogens with one attached hydrogen (secondary N) is 2. The molecule has 3 rings (SSSR count). The lowest BCUT2D eigenvalue weighted by molar-refractivity contribution is 0.735. The fourth-order valence-electron chi connectivity index (χ4n) is 2.38. The van der Waals surface area contributed by atoms with Crippen LogP contribution in [-0.2, 0) is 0 Å². The molecule has 5 heteroatoms. The Labute approximate surface area is 107 Å². The summed E-state index contributed by atoms with van der Waals surface area (Å²) in [6.45, 7) is 1.92. The molecule has 1 atom stereocenters. The second-order valence-electron chi connectivity index (χ2n) is 4.28. The van der Waals surface area contributed by atoms with Crippen molar-refractivity contribution < 1.29 is 0 Å². The number of nitrogens with zero attached hydrogens (tertiary/aromatic N) is 1. The van der Waals surface area contributed by atoms with Crippen LogP contribution in [0.3, 0.4) is 0 Å². The van der Waals surface area contributed by atoms with E-state index in [4.69, 9.17) is 0 Å². The third-order valence-corrected chi connectivity index (χ3v) is 3.84. The normalized spacial score (nSPS) is 19.9. The highest BCUT2D eigenvalue weighted by Gasteiger charge is 2.20. The monoisotopic (exact) mass is 293 g/mol. The number of fused-ring (bicyclic) bond motifs is 1. The molecule has 1 saturated heterocycles. The van der Waals surface area contributed by atoms with Crippen LogP contribution in [0.4, 0.5) is 0 Å². The minimum atomic E-state index is -0.272. The van der Waals surface area contributed by atoms with Crippen molar-refractivity contribution in [2.75, 3.05) is 13.1 Å². The summed E-state index contributed by atoms with van der Waals surface area (Å²) in [5, 5.41) is 4.35. The molecule has 17 heavy (non-hydrogen) atoms. The van der Waals surface area contributed by atoms with E-state index in [2.05, 4.69) is 31.2 Å². The van der Waals surface area contributed by atoms with Crippen molar-refractivity contribution in [3.63, 3.8) is 0 Å². The van der Waals surface area contributed by atoms with Gasteiger partial charge in [-0.2, -0.15) is 4.98 Å². The van der Waals surface area contributed by atoms with Crippen LogP contribution in [0.2, 0.25) is 0 Å². The predicted molar refractivity (Wildman–Crippen MR) is 70.3 cm³/mol. The van der Waals surface area contributed by atoms with Gasteiger partial charge in [0.2, 0.25) is 0 Å². The molecule has 2 aromatic rings. The molecule has 0 spiro atoms. The second-order valence-corrected chi connectivity index (χ2v) is 5.14. The van der Waals surface area contributed by atoms with E-state index >= 15 is 0 Å². The Hall–Kier alpha value is -1.20. The van der Waals surface area contributed by atoms with Crippen molar-refractivity contribution in [2.24, 2.45) is 0 Å². The number of benzene rings is 1. The Balaban J connectivity index is 2.29. The Morgan fingerprint density at radius 2 is 2.29 bits per heavy atom. The maximum absolute atomic E-state index is 11.6. The maximum atomic E-state index is 11.6. The fourth-order valence-corrected chi connectivity index (χ4v) is 2.84. The summed E-state index contributed by atoms with van der Waals surface area (Å²) < 4.78 is 0.869. The van der Waals surface area contributed by atoms with Gasteiger partial charge in [-0.3, -0.25) is 0 Å². The van der Waals surface area contributed by atoms with Gasteiger partial charge >= 0.3 is 5.69 Å². The molecular formula is C12H12BrN3O. The Bertz CT molecular complexity index is 617. The number of rotatable bonds is 1. The van der Waals surface area contributed by atoms with Crippen LogP contribution in [0.25, 0.3) is 10.9 Å². The second kappa shape index (κ2) is 4.23. The van der Waals surface area contributed by atoms with Crippen molar-refractivity contribution in [1.29, 1.82) is 0 Å². The van der Waals surface area contributed by atoms with Gasteiger partial charge in [0, 0.05) is 28.0 Å². The lowest BCUT2D eigenvalue weighted by atomic mass is 10.0. The quantitative estimate of drug-likeness (QED) is 0.842. The SMILES string of the molecule is O=c1nc2c(Br)cccc2c(C2CCNC2)[nH]1. The predicted octanol–water partition coefficient (Wildman–Crippen LogP) is 1.76. The first-order chi connectivity index (χ1) is 8.25. The molecular weight excluding hydrogens is 282 g/mol. The van der Waals surface area contributed by atoms with Crippen molar-refractivity contribution in [1.82, 2.24) is 15.3 Å². The molecule has 88 valence electrons. The summed E-state index contributed by atoms with van der Waals surface area (Å²) in [4.78, 5) is 18.5. The van der Waals surface area contributed by atoms with Gasteiger partial charge < -0.3 is 10.3 Å². The van der Waals surface area contributed by atoms with Gasteiger partial charge in [0.1, 0.15) is 0 Å². The minimum Gasteiger partial charge on any atom is -0.316 e. The van der Waals surface area contributed by atoms with E-state index in [9.17, 15) is 4.79 Å². The Kier molecular flexibility index (Phi) is 2.72. The molecule has 1 unspecified atom stereocenters. The minimum absolute atomic E-state index is 0.272. The van der Waals surface area contributed by atoms with Crippen molar-refractivity contribution in [3.8, 4) is 0 Å². The number of halogens is 1. The van der Waals surface area contributed by atoms with E-state index in [1.54, 1.807) is 0 Å². The van der Waals surface area contributed by atoms with Crippen LogP contribution < -0.4 is 11.0 Å². The molecule has 1 aromatic heterocycles. The summed E-state index contributed by atoms with van der Waals surface area (Å²) in [5.74, 6) is 0.377. The number of H-pyrrole nitrogens is 1.